The number of fused-ring (bicyclic) bond motifs is 1. The molecule has 4 rings (SSSR count). The molecule has 156 valence electrons. The number of rotatable bonds is 9. The smallest absolute Gasteiger partial charge is 0.309 e. The maximum absolute atomic E-state index is 13.2. The van der Waals surface area contributed by atoms with Crippen molar-refractivity contribution in [3.63, 3.8) is 0 Å². The summed E-state index contributed by atoms with van der Waals surface area (Å²) in [6.07, 6.45) is 3.89. The first-order valence-electron chi connectivity index (χ1n) is 10.7. The Kier molecular flexibility index (Phi) is 6.17. The van der Waals surface area contributed by atoms with Crippen molar-refractivity contribution in [3.8, 4) is 0 Å². The fourth-order valence-electron chi connectivity index (χ4n) is 4.05. The van der Waals surface area contributed by atoms with Gasteiger partial charge >= 0.3 is 5.97 Å². The maximum Gasteiger partial charge on any atom is 0.309 e. The van der Waals surface area contributed by atoms with Crippen LogP contribution < -0.4 is 0 Å². The molecule has 1 fully saturated rings. The van der Waals surface area contributed by atoms with Crippen LogP contribution in [-0.2, 0) is 27.2 Å². The van der Waals surface area contributed by atoms with Crippen molar-refractivity contribution in [2.45, 2.75) is 26.2 Å². The first-order chi connectivity index (χ1) is 14.7. The topological polar surface area (TPSA) is 62.4 Å². The molecule has 0 saturated heterocycles. The van der Waals surface area contributed by atoms with E-state index in [1.54, 1.807) is 0 Å². The van der Waals surface area contributed by atoms with Crippen molar-refractivity contribution in [3.05, 3.63) is 71.9 Å². The van der Waals surface area contributed by atoms with E-state index >= 15 is 0 Å². The van der Waals surface area contributed by atoms with Crippen LogP contribution in [0.5, 0.6) is 0 Å². The molecular formula is C25H28N2O3. The first kappa shape index (κ1) is 20.2. The highest BCUT2D eigenvalue weighted by Gasteiger charge is 2.45. The van der Waals surface area contributed by atoms with E-state index in [0.717, 1.165) is 29.3 Å². The third-order valence-electron chi connectivity index (χ3n) is 5.85. The van der Waals surface area contributed by atoms with Crippen LogP contribution in [0.3, 0.4) is 0 Å². The Morgan fingerprint density at radius 1 is 1.10 bits per heavy atom. The van der Waals surface area contributed by atoms with Gasteiger partial charge in [-0.05, 0) is 42.9 Å². The van der Waals surface area contributed by atoms with E-state index in [4.69, 9.17) is 4.74 Å². The molecule has 1 heterocycles. The molecule has 2 aromatic carbocycles. The van der Waals surface area contributed by atoms with E-state index in [2.05, 4.69) is 17.1 Å². The number of benzene rings is 2. The zero-order valence-electron chi connectivity index (χ0n) is 17.3. The highest BCUT2D eigenvalue weighted by molar-refractivity contribution is 5.89. The summed E-state index contributed by atoms with van der Waals surface area (Å²) >= 11 is 0. The van der Waals surface area contributed by atoms with Gasteiger partial charge in [0.1, 0.15) is 0 Å². The Bertz CT molecular complexity index is 1010. The summed E-state index contributed by atoms with van der Waals surface area (Å²) < 4.78 is 5.15. The number of hydrogen-bond acceptors (Lipinski definition) is 3. The molecule has 1 aliphatic carbocycles. The summed E-state index contributed by atoms with van der Waals surface area (Å²) in [7, 11) is 0. The van der Waals surface area contributed by atoms with Crippen LogP contribution in [0.2, 0.25) is 0 Å². The Morgan fingerprint density at radius 2 is 1.87 bits per heavy atom. The van der Waals surface area contributed by atoms with Gasteiger partial charge in [-0.15, -0.1) is 0 Å². The highest BCUT2D eigenvalue weighted by atomic mass is 16.5. The van der Waals surface area contributed by atoms with Crippen LogP contribution in [0.4, 0.5) is 0 Å². The van der Waals surface area contributed by atoms with E-state index in [9.17, 15) is 9.59 Å². The fourth-order valence-corrected chi connectivity index (χ4v) is 4.05. The molecule has 30 heavy (non-hydrogen) atoms. The second-order valence-corrected chi connectivity index (χ2v) is 7.97. The van der Waals surface area contributed by atoms with E-state index in [1.165, 1.54) is 5.56 Å². The van der Waals surface area contributed by atoms with Gasteiger partial charge in [0.25, 0.3) is 0 Å². The van der Waals surface area contributed by atoms with Crippen molar-refractivity contribution in [2.24, 2.45) is 11.8 Å². The lowest BCUT2D eigenvalue weighted by Crippen LogP contribution is -2.36. The molecule has 0 radical (unpaired) electrons. The quantitative estimate of drug-likeness (QED) is 0.549. The Balaban J connectivity index is 1.44. The molecule has 0 aliphatic heterocycles. The molecule has 1 aromatic heterocycles. The lowest BCUT2D eigenvalue weighted by atomic mass is 10.1. The number of esters is 1. The van der Waals surface area contributed by atoms with Crippen molar-refractivity contribution >= 4 is 22.8 Å². The lowest BCUT2D eigenvalue weighted by molar-refractivity contribution is -0.145. The molecule has 5 heteroatoms. The van der Waals surface area contributed by atoms with Crippen LogP contribution in [0.15, 0.2) is 60.8 Å². The van der Waals surface area contributed by atoms with Gasteiger partial charge in [0.2, 0.25) is 5.91 Å². The number of nitrogens with one attached hydrogen (secondary N) is 1. The molecule has 0 bridgehead atoms. The number of nitrogens with zero attached hydrogens (tertiary/aromatic N) is 1. The van der Waals surface area contributed by atoms with Gasteiger partial charge in [-0.1, -0.05) is 48.5 Å². The van der Waals surface area contributed by atoms with Gasteiger partial charge in [0, 0.05) is 30.2 Å². The number of para-hydroxylation sites is 1. The van der Waals surface area contributed by atoms with Crippen LogP contribution in [0.1, 0.15) is 24.5 Å². The average molecular weight is 405 g/mol. The second-order valence-electron chi connectivity index (χ2n) is 7.97. The normalized spacial score (nSPS) is 17.6. The number of aromatic amines is 1. The van der Waals surface area contributed by atoms with Crippen molar-refractivity contribution in [2.75, 3.05) is 19.7 Å². The van der Waals surface area contributed by atoms with Crippen LogP contribution in [0, 0.1) is 11.8 Å². The summed E-state index contributed by atoms with van der Waals surface area (Å²) in [6.45, 7) is 3.49. The molecule has 2 atom stereocenters. The van der Waals surface area contributed by atoms with Crippen molar-refractivity contribution in [1.82, 2.24) is 9.88 Å². The van der Waals surface area contributed by atoms with Crippen LogP contribution in [-0.4, -0.2) is 41.5 Å². The average Bonchev–Trinajstić information content (AvgIpc) is 3.44. The highest BCUT2D eigenvalue weighted by Crippen LogP contribution is 2.40. The molecule has 5 nitrogen and oxygen atoms in total. The first-order valence-corrected chi connectivity index (χ1v) is 10.7. The molecule has 0 unspecified atom stereocenters. The van der Waals surface area contributed by atoms with Gasteiger partial charge in [-0.2, -0.15) is 0 Å². The third-order valence-corrected chi connectivity index (χ3v) is 5.85. The number of ether oxygens (including phenoxy) is 1. The number of aromatic nitrogens is 1. The predicted octanol–water partition coefficient (Wildman–Crippen LogP) is 3.98. The summed E-state index contributed by atoms with van der Waals surface area (Å²) in [6, 6.07) is 18.2. The van der Waals surface area contributed by atoms with Crippen molar-refractivity contribution < 1.29 is 14.3 Å². The van der Waals surface area contributed by atoms with Gasteiger partial charge < -0.3 is 14.6 Å². The standard InChI is InChI=1S/C25H28N2O3/c1-2-30-25(29)22-14-20(22)17-27(13-12-18-8-4-3-5-9-18)24(28)15-19-16-26-23-11-7-6-10-21(19)23/h3-11,16,20,22,26H,2,12-15,17H2,1H3/t20-,22+/m0/s1. The third kappa shape index (κ3) is 4.73. The monoisotopic (exact) mass is 404 g/mol. The van der Waals surface area contributed by atoms with Gasteiger partial charge in [0.15, 0.2) is 0 Å². The number of amides is 1. The molecule has 0 spiro atoms. The van der Waals surface area contributed by atoms with Crippen LogP contribution >= 0.6 is 0 Å². The number of hydrogen-bond donors (Lipinski definition) is 1. The summed E-state index contributed by atoms with van der Waals surface area (Å²) in [5, 5.41) is 1.09. The zero-order valence-corrected chi connectivity index (χ0v) is 17.3. The van der Waals surface area contributed by atoms with Gasteiger partial charge in [-0.25, -0.2) is 0 Å². The number of H-pyrrole nitrogens is 1. The summed E-state index contributed by atoms with van der Waals surface area (Å²) in [4.78, 5) is 30.4. The number of carbonyl (C=O) groups is 2. The second kappa shape index (κ2) is 9.16. The lowest BCUT2D eigenvalue weighted by Gasteiger charge is -2.23. The zero-order chi connectivity index (χ0) is 20.9. The molecule has 3 aromatic rings. The largest absolute Gasteiger partial charge is 0.466 e. The predicted molar refractivity (Wildman–Crippen MR) is 117 cm³/mol. The van der Waals surface area contributed by atoms with Crippen LogP contribution in [0.25, 0.3) is 10.9 Å². The van der Waals surface area contributed by atoms with Gasteiger partial charge in [0.05, 0.1) is 18.9 Å². The Hall–Kier alpha value is -3.08. The summed E-state index contributed by atoms with van der Waals surface area (Å²) in [5.74, 6) is 0.108. The molecule has 1 saturated carbocycles. The minimum Gasteiger partial charge on any atom is -0.466 e. The molecular weight excluding hydrogens is 376 g/mol. The molecule has 1 N–H and O–H groups in total. The summed E-state index contributed by atoms with van der Waals surface area (Å²) in [5.41, 5.74) is 3.26. The van der Waals surface area contributed by atoms with E-state index in [-0.39, 0.29) is 23.7 Å². The van der Waals surface area contributed by atoms with Gasteiger partial charge in [-0.3, -0.25) is 9.59 Å². The molecule has 1 amide bonds. The van der Waals surface area contributed by atoms with Crippen molar-refractivity contribution in [1.29, 1.82) is 0 Å². The minimum atomic E-state index is -0.130. The SMILES string of the molecule is CCOC(=O)[C@@H]1C[C@H]1CN(CCc1ccccc1)C(=O)Cc1c[nH]c2ccccc12. The minimum absolute atomic E-state index is 0.0648. The Morgan fingerprint density at radius 3 is 2.67 bits per heavy atom. The maximum atomic E-state index is 13.2. The molecule has 1 aliphatic rings. The van der Waals surface area contributed by atoms with E-state index in [1.807, 2.05) is 60.5 Å². The number of carbonyl (C=O) groups excluding carboxylic acids is 2. The van der Waals surface area contributed by atoms with E-state index in [0.29, 0.717) is 26.1 Å². The van der Waals surface area contributed by atoms with E-state index < -0.39 is 0 Å². The fraction of sp³-hybridized carbons (Fsp3) is 0.360. The Labute approximate surface area is 177 Å².